The zero-order chi connectivity index (χ0) is 6.41. The highest BCUT2D eigenvalue weighted by atomic mass is 16.5. The van der Waals surface area contributed by atoms with Crippen LogP contribution in [0.25, 0.3) is 0 Å². The summed E-state index contributed by atoms with van der Waals surface area (Å²) in [4.78, 5) is 0. The van der Waals surface area contributed by atoms with Gasteiger partial charge in [-0.3, -0.25) is 0 Å². The summed E-state index contributed by atoms with van der Waals surface area (Å²) in [7, 11) is 1.59. The van der Waals surface area contributed by atoms with Gasteiger partial charge in [0.1, 0.15) is 6.23 Å². The van der Waals surface area contributed by atoms with Crippen molar-refractivity contribution in [2.75, 3.05) is 7.11 Å². The Bertz CT molecular complexity index is 70.9. The van der Waals surface area contributed by atoms with Gasteiger partial charge in [0.2, 0.25) is 0 Å². The quantitative estimate of drug-likeness (QED) is 0.438. The lowest BCUT2D eigenvalue weighted by molar-refractivity contribution is 0.146. The predicted octanol–water partition coefficient (Wildman–Crippen LogP) is 0.884. The average molecular weight is 115 g/mol. The van der Waals surface area contributed by atoms with E-state index in [4.69, 9.17) is 10.5 Å². The van der Waals surface area contributed by atoms with Crippen molar-refractivity contribution in [3.8, 4) is 0 Å². The molecule has 48 valence electrons. The third-order valence-corrected chi connectivity index (χ3v) is 0.834. The molecule has 1 unspecified atom stereocenters. The number of ether oxygens (including phenoxy) is 1. The molecule has 0 aliphatic rings. The topological polar surface area (TPSA) is 35.2 Å². The van der Waals surface area contributed by atoms with E-state index >= 15 is 0 Å². The Morgan fingerprint density at radius 3 is 2.75 bits per heavy atom. The van der Waals surface area contributed by atoms with E-state index < -0.39 is 0 Å². The molecule has 0 aliphatic heterocycles. The summed E-state index contributed by atoms with van der Waals surface area (Å²) < 4.78 is 4.74. The van der Waals surface area contributed by atoms with Crippen LogP contribution in [0.3, 0.4) is 0 Å². The van der Waals surface area contributed by atoms with Crippen molar-refractivity contribution >= 4 is 0 Å². The van der Waals surface area contributed by atoms with Crippen LogP contribution in [0.2, 0.25) is 0 Å². The molecule has 0 spiro atoms. The number of rotatable bonds is 3. The second kappa shape index (κ2) is 4.81. The SMILES string of the molecule is CC/C=C\C(N)OC. The molecule has 0 amide bonds. The zero-order valence-electron chi connectivity index (χ0n) is 5.42. The van der Waals surface area contributed by atoms with Crippen molar-refractivity contribution in [1.82, 2.24) is 0 Å². The molecule has 0 aromatic heterocycles. The molecular weight excluding hydrogens is 102 g/mol. The number of allylic oxidation sites excluding steroid dienone is 1. The Morgan fingerprint density at radius 2 is 2.38 bits per heavy atom. The van der Waals surface area contributed by atoms with Gasteiger partial charge < -0.3 is 10.5 Å². The number of methoxy groups -OCH3 is 1. The molecule has 0 saturated heterocycles. The molecule has 0 aromatic rings. The highest BCUT2D eigenvalue weighted by Crippen LogP contribution is 1.84. The molecule has 8 heavy (non-hydrogen) atoms. The van der Waals surface area contributed by atoms with Crippen LogP contribution in [0.5, 0.6) is 0 Å². The van der Waals surface area contributed by atoms with Gasteiger partial charge in [0.25, 0.3) is 0 Å². The van der Waals surface area contributed by atoms with E-state index in [0.717, 1.165) is 6.42 Å². The number of hydrogen-bond acceptors (Lipinski definition) is 2. The standard InChI is InChI=1S/C6H13NO/c1-3-4-5-6(7)8-2/h4-6H,3,7H2,1-2H3/b5-4-. The first kappa shape index (κ1) is 7.66. The highest BCUT2D eigenvalue weighted by Gasteiger charge is 1.86. The molecule has 2 N–H and O–H groups in total. The van der Waals surface area contributed by atoms with E-state index in [0.29, 0.717) is 0 Å². The molecule has 0 radical (unpaired) electrons. The van der Waals surface area contributed by atoms with Crippen molar-refractivity contribution < 1.29 is 4.74 Å². The molecule has 0 aliphatic carbocycles. The van der Waals surface area contributed by atoms with Crippen molar-refractivity contribution in [2.24, 2.45) is 5.73 Å². The Morgan fingerprint density at radius 1 is 1.75 bits per heavy atom. The third kappa shape index (κ3) is 3.84. The first-order valence-electron chi connectivity index (χ1n) is 2.76. The van der Waals surface area contributed by atoms with Crippen molar-refractivity contribution in [3.05, 3.63) is 12.2 Å². The molecule has 0 aromatic carbocycles. The van der Waals surface area contributed by atoms with Crippen molar-refractivity contribution in [3.63, 3.8) is 0 Å². The zero-order valence-corrected chi connectivity index (χ0v) is 5.42. The van der Waals surface area contributed by atoms with Gasteiger partial charge in [-0.1, -0.05) is 13.0 Å². The summed E-state index contributed by atoms with van der Waals surface area (Å²) in [6.07, 6.45) is 4.60. The summed E-state index contributed by atoms with van der Waals surface area (Å²) in [6.45, 7) is 2.05. The minimum absolute atomic E-state index is 0.227. The molecule has 0 bridgehead atoms. The molecule has 0 fully saturated rings. The second-order valence-electron chi connectivity index (χ2n) is 1.54. The Labute approximate surface area is 50.3 Å². The second-order valence-corrected chi connectivity index (χ2v) is 1.54. The fourth-order valence-electron chi connectivity index (χ4n) is 0.349. The molecular formula is C6H13NO. The third-order valence-electron chi connectivity index (χ3n) is 0.834. The van der Waals surface area contributed by atoms with E-state index in [9.17, 15) is 0 Å². The van der Waals surface area contributed by atoms with Gasteiger partial charge in [-0.15, -0.1) is 0 Å². The fourth-order valence-corrected chi connectivity index (χ4v) is 0.349. The molecule has 0 rings (SSSR count). The van der Waals surface area contributed by atoms with Gasteiger partial charge in [0, 0.05) is 7.11 Å². The van der Waals surface area contributed by atoms with Gasteiger partial charge in [-0.2, -0.15) is 0 Å². The molecule has 1 atom stereocenters. The van der Waals surface area contributed by atoms with E-state index in [-0.39, 0.29) is 6.23 Å². The molecule has 2 nitrogen and oxygen atoms in total. The highest BCUT2D eigenvalue weighted by molar-refractivity contribution is 4.84. The van der Waals surface area contributed by atoms with Gasteiger partial charge in [-0.25, -0.2) is 0 Å². The van der Waals surface area contributed by atoms with Crippen molar-refractivity contribution in [1.29, 1.82) is 0 Å². The number of hydrogen-bond donors (Lipinski definition) is 1. The lowest BCUT2D eigenvalue weighted by Gasteiger charge is -1.99. The first-order valence-corrected chi connectivity index (χ1v) is 2.76. The van der Waals surface area contributed by atoms with Gasteiger partial charge >= 0.3 is 0 Å². The van der Waals surface area contributed by atoms with Gasteiger partial charge in [0.05, 0.1) is 0 Å². The molecule has 0 saturated carbocycles. The van der Waals surface area contributed by atoms with Crippen LogP contribution < -0.4 is 5.73 Å². The predicted molar refractivity (Wildman–Crippen MR) is 34.4 cm³/mol. The summed E-state index contributed by atoms with van der Waals surface area (Å²) >= 11 is 0. The Balaban J connectivity index is 3.21. The van der Waals surface area contributed by atoms with E-state index in [1.165, 1.54) is 0 Å². The average Bonchev–Trinajstić information content (AvgIpc) is 1.83. The van der Waals surface area contributed by atoms with Crippen LogP contribution in [0.15, 0.2) is 12.2 Å². The van der Waals surface area contributed by atoms with Gasteiger partial charge in [0.15, 0.2) is 0 Å². The monoisotopic (exact) mass is 115 g/mol. The van der Waals surface area contributed by atoms with Crippen LogP contribution in [0, 0.1) is 0 Å². The fraction of sp³-hybridized carbons (Fsp3) is 0.667. The Kier molecular flexibility index (Phi) is 4.61. The number of nitrogens with two attached hydrogens (primary N) is 1. The largest absolute Gasteiger partial charge is 0.363 e. The summed E-state index contributed by atoms with van der Waals surface area (Å²) in [5.74, 6) is 0. The lowest BCUT2D eigenvalue weighted by atomic mass is 10.4. The maximum atomic E-state index is 5.35. The van der Waals surface area contributed by atoms with Crippen LogP contribution in [0.1, 0.15) is 13.3 Å². The minimum Gasteiger partial charge on any atom is -0.363 e. The normalized spacial score (nSPS) is 14.9. The Hall–Kier alpha value is -0.340. The summed E-state index contributed by atoms with van der Waals surface area (Å²) in [6, 6.07) is 0. The summed E-state index contributed by atoms with van der Waals surface area (Å²) in [5.41, 5.74) is 5.35. The first-order chi connectivity index (χ1) is 3.81. The summed E-state index contributed by atoms with van der Waals surface area (Å²) in [5, 5.41) is 0. The maximum absolute atomic E-state index is 5.35. The van der Waals surface area contributed by atoms with Gasteiger partial charge in [-0.05, 0) is 12.5 Å². The molecule has 2 heteroatoms. The van der Waals surface area contributed by atoms with Crippen LogP contribution in [0.4, 0.5) is 0 Å². The van der Waals surface area contributed by atoms with E-state index in [1.807, 2.05) is 12.2 Å². The molecule has 0 heterocycles. The lowest BCUT2D eigenvalue weighted by Crippen LogP contribution is -2.18. The van der Waals surface area contributed by atoms with E-state index in [2.05, 4.69) is 6.92 Å². The van der Waals surface area contributed by atoms with Crippen LogP contribution in [-0.4, -0.2) is 13.3 Å². The smallest absolute Gasteiger partial charge is 0.124 e. The van der Waals surface area contributed by atoms with Crippen molar-refractivity contribution in [2.45, 2.75) is 19.6 Å². The minimum atomic E-state index is -0.227. The van der Waals surface area contributed by atoms with Crippen LogP contribution in [-0.2, 0) is 4.74 Å². The van der Waals surface area contributed by atoms with E-state index in [1.54, 1.807) is 7.11 Å². The van der Waals surface area contributed by atoms with Crippen LogP contribution >= 0.6 is 0 Å². The maximum Gasteiger partial charge on any atom is 0.124 e.